The number of hydrogen-bond donors (Lipinski definition) is 2. The second kappa shape index (κ2) is 6.92. The van der Waals surface area contributed by atoms with E-state index in [-0.39, 0.29) is 12.5 Å². The Morgan fingerprint density at radius 2 is 2.44 bits per heavy atom. The van der Waals surface area contributed by atoms with Gasteiger partial charge < -0.3 is 15.8 Å². The molecule has 0 aliphatic heterocycles. The SMILES string of the molecule is Cc1cccnc1CNC(=O)COCCN. The molecule has 0 saturated heterocycles. The molecule has 1 heterocycles. The van der Waals surface area contributed by atoms with Crippen LogP contribution in [0.15, 0.2) is 18.3 Å². The van der Waals surface area contributed by atoms with Crippen molar-refractivity contribution in [3.63, 3.8) is 0 Å². The third kappa shape index (κ3) is 4.37. The maximum Gasteiger partial charge on any atom is 0.246 e. The van der Waals surface area contributed by atoms with E-state index in [1.807, 2.05) is 19.1 Å². The van der Waals surface area contributed by atoms with Gasteiger partial charge in [-0.05, 0) is 18.6 Å². The van der Waals surface area contributed by atoms with Crippen LogP contribution in [0.25, 0.3) is 0 Å². The highest BCUT2D eigenvalue weighted by Crippen LogP contribution is 2.01. The molecule has 1 rings (SSSR count). The Morgan fingerprint density at radius 1 is 1.62 bits per heavy atom. The summed E-state index contributed by atoms with van der Waals surface area (Å²) in [5.41, 5.74) is 7.16. The number of nitrogens with one attached hydrogen (secondary N) is 1. The lowest BCUT2D eigenvalue weighted by Crippen LogP contribution is -2.28. The van der Waals surface area contributed by atoms with Crippen LogP contribution in [0.2, 0.25) is 0 Å². The zero-order valence-corrected chi connectivity index (χ0v) is 9.40. The van der Waals surface area contributed by atoms with Crippen molar-refractivity contribution < 1.29 is 9.53 Å². The maximum atomic E-state index is 11.3. The predicted molar refractivity (Wildman–Crippen MR) is 60.7 cm³/mol. The number of amides is 1. The number of aromatic nitrogens is 1. The summed E-state index contributed by atoms with van der Waals surface area (Å²) in [7, 11) is 0. The van der Waals surface area contributed by atoms with E-state index in [0.29, 0.717) is 19.7 Å². The van der Waals surface area contributed by atoms with E-state index in [9.17, 15) is 4.79 Å². The van der Waals surface area contributed by atoms with Crippen LogP contribution in [0.1, 0.15) is 11.3 Å². The first-order valence-corrected chi connectivity index (χ1v) is 5.19. The number of ether oxygens (including phenoxy) is 1. The molecule has 0 bridgehead atoms. The maximum absolute atomic E-state index is 11.3. The van der Waals surface area contributed by atoms with Crippen molar-refractivity contribution in [3.8, 4) is 0 Å². The van der Waals surface area contributed by atoms with Gasteiger partial charge in [-0.1, -0.05) is 6.07 Å². The third-order valence-electron chi connectivity index (χ3n) is 2.07. The lowest BCUT2D eigenvalue weighted by atomic mass is 10.2. The normalized spacial score (nSPS) is 10.1. The first kappa shape index (κ1) is 12.6. The van der Waals surface area contributed by atoms with Crippen LogP contribution in [0.4, 0.5) is 0 Å². The van der Waals surface area contributed by atoms with Crippen LogP contribution < -0.4 is 11.1 Å². The molecule has 0 spiro atoms. The lowest BCUT2D eigenvalue weighted by Gasteiger charge is -2.07. The van der Waals surface area contributed by atoms with Gasteiger partial charge >= 0.3 is 0 Å². The molecule has 3 N–H and O–H groups in total. The van der Waals surface area contributed by atoms with Gasteiger partial charge in [-0.25, -0.2) is 0 Å². The number of nitrogens with zero attached hydrogens (tertiary/aromatic N) is 1. The lowest BCUT2D eigenvalue weighted by molar-refractivity contribution is -0.125. The fourth-order valence-corrected chi connectivity index (χ4v) is 1.18. The fourth-order valence-electron chi connectivity index (χ4n) is 1.18. The Hall–Kier alpha value is -1.46. The van der Waals surface area contributed by atoms with E-state index in [1.165, 1.54) is 0 Å². The molecule has 5 heteroatoms. The monoisotopic (exact) mass is 223 g/mol. The molecule has 0 aliphatic rings. The van der Waals surface area contributed by atoms with Crippen LogP contribution in [-0.2, 0) is 16.1 Å². The van der Waals surface area contributed by atoms with Gasteiger partial charge in [-0.15, -0.1) is 0 Å². The molecule has 0 aromatic carbocycles. The average molecular weight is 223 g/mol. The average Bonchev–Trinajstić information content (AvgIpc) is 2.28. The van der Waals surface area contributed by atoms with Crippen molar-refractivity contribution in [2.24, 2.45) is 5.73 Å². The van der Waals surface area contributed by atoms with E-state index in [1.54, 1.807) is 6.20 Å². The molecule has 88 valence electrons. The summed E-state index contributed by atoms with van der Waals surface area (Å²) >= 11 is 0. The van der Waals surface area contributed by atoms with Crippen molar-refractivity contribution in [3.05, 3.63) is 29.6 Å². The van der Waals surface area contributed by atoms with E-state index < -0.39 is 0 Å². The first-order chi connectivity index (χ1) is 7.74. The predicted octanol–water partition coefficient (Wildman–Crippen LogP) is -0.0185. The molecule has 1 aromatic heterocycles. The standard InChI is InChI=1S/C11H17N3O2/c1-9-3-2-5-13-10(9)7-14-11(15)8-16-6-4-12/h2-3,5H,4,6-8,12H2,1H3,(H,14,15). The molecule has 0 unspecified atom stereocenters. The van der Waals surface area contributed by atoms with Gasteiger partial charge in [0.1, 0.15) is 6.61 Å². The number of nitrogens with two attached hydrogens (primary N) is 1. The number of aryl methyl sites for hydroxylation is 1. The molecular weight excluding hydrogens is 206 g/mol. The summed E-state index contributed by atoms with van der Waals surface area (Å²) in [6.07, 6.45) is 1.71. The molecule has 0 radical (unpaired) electrons. The summed E-state index contributed by atoms with van der Waals surface area (Å²) in [6, 6.07) is 3.82. The minimum atomic E-state index is -0.154. The highest BCUT2D eigenvalue weighted by Gasteiger charge is 2.03. The van der Waals surface area contributed by atoms with Crippen LogP contribution in [0, 0.1) is 6.92 Å². The third-order valence-corrected chi connectivity index (χ3v) is 2.07. The van der Waals surface area contributed by atoms with Crippen LogP contribution >= 0.6 is 0 Å². The highest BCUT2D eigenvalue weighted by atomic mass is 16.5. The van der Waals surface area contributed by atoms with Crippen molar-refractivity contribution in [2.45, 2.75) is 13.5 Å². The van der Waals surface area contributed by atoms with E-state index in [4.69, 9.17) is 10.5 Å². The highest BCUT2D eigenvalue weighted by molar-refractivity contribution is 5.77. The Labute approximate surface area is 95.0 Å². The van der Waals surface area contributed by atoms with Crippen LogP contribution in [-0.4, -0.2) is 30.6 Å². The molecule has 0 aliphatic carbocycles. The minimum Gasteiger partial charge on any atom is -0.370 e. The largest absolute Gasteiger partial charge is 0.370 e. The van der Waals surface area contributed by atoms with Crippen molar-refractivity contribution >= 4 is 5.91 Å². The van der Waals surface area contributed by atoms with Gasteiger partial charge in [-0.2, -0.15) is 0 Å². The first-order valence-electron chi connectivity index (χ1n) is 5.19. The molecule has 0 fully saturated rings. The molecule has 1 amide bonds. The quantitative estimate of drug-likeness (QED) is 0.664. The van der Waals surface area contributed by atoms with E-state index >= 15 is 0 Å². The zero-order valence-electron chi connectivity index (χ0n) is 9.40. The molecule has 0 saturated carbocycles. The number of rotatable bonds is 6. The van der Waals surface area contributed by atoms with Gasteiger partial charge in [-0.3, -0.25) is 9.78 Å². The van der Waals surface area contributed by atoms with Gasteiger partial charge in [0.2, 0.25) is 5.91 Å². The minimum absolute atomic E-state index is 0.0447. The molecule has 16 heavy (non-hydrogen) atoms. The Morgan fingerprint density at radius 3 is 3.12 bits per heavy atom. The molecule has 0 atom stereocenters. The molecule has 5 nitrogen and oxygen atoms in total. The second-order valence-corrected chi connectivity index (χ2v) is 3.38. The van der Waals surface area contributed by atoms with Crippen molar-refractivity contribution in [2.75, 3.05) is 19.8 Å². The number of pyridine rings is 1. The Balaban J connectivity index is 2.29. The summed E-state index contributed by atoms with van der Waals surface area (Å²) in [5, 5.41) is 2.73. The Kier molecular flexibility index (Phi) is 5.45. The fraction of sp³-hybridized carbons (Fsp3) is 0.455. The summed E-state index contributed by atoms with van der Waals surface area (Å²) in [5.74, 6) is -0.154. The Bertz CT molecular complexity index is 342. The van der Waals surface area contributed by atoms with Crippen molar-refractivity contribution in [1.29, 1.82) is 0 Å². The smallest absolute Gasteiger partial charge is 0.246 e. The van der Waals surface area contributed by atoms with Gasteiger partial charge in [0.25, 0.3) is 0 Å². The number of carbonyl (C=O) groups is 1. The summed E-state index contributed by atoms with van der Waals surface area (Å²) in [6.45, 7) is 3.25. The molecular formula is C11H17N3O2. The topological polar surface area (TPSA) is 77.2 Å². The number of hydrogen-bond acceptors (Lipinski definition) is 4. The van der Waals surface area contributed by atoms with E-state index in [0.717, 1.165) is 11.3 Å². The van der Waals surface area contributed by atoms with Crippen molar-refractivity contribution in [1.82, 2.24) is 10.3 Å². The van der Waals surface area contributed by atoms with Gasteiger partial charge in [0, 0.05) is 12.7 Å². The summed E-state index contributed by atoms with van der Waals surface area (Å²) in [4.78, 5) is 15.5. The second-order valence-electron chi connectivity index (χ2n) is 3.38. The van der Waals surface area contributed by atoms with Crippen LogP contribution in [0.5, 0.6) is 0 Å². The van der Waals surface area contributed by atoms with E-state index in [2.05, 4.69) is 10.3 Å². The van der Waals surface area contributed by atoms with Crippen LogP contribution in [0.3, 0.4) is 0 Å². The number of carbonyl (C=O) groups excluding carboxylic acids is 1. The van der Waals surface area contributed by atoms with Gasteiger partial charge in [0.15, 0.2) is 0 Å². The summed E-state index contributed by atoms with van der Waals surface area (Å²) < 4.78 is 5.01. The van der Waals surface area contributed by atoms with Gasteiger partial charge in [0.05, 0.1) is 18.8 Å². The zero-order chi connectivity index (χ0) is 11.8. The molecule has 1 aromatic rings.